The molecule has 0 radical (unpaired) electrons. The molecule has 2 aromatic carbocycles. The number of hydrogen-bond donors (Lipinski definition) is 1. The van der Waals surface area contributed by atoms with Crippen molar-refractivity contribution < 1.29 is 33.2 Å². The Morgan fingerprint density at radius 2 is 1.67 bits per heavy atom. The first-order chi connectivity index (χ1) is 17.2. The molecule has 2 aromatic rings. The highest BCUT2D eigenvalue weighted by Gasteiger charge is 2.44. The third kappa shape index (κ3) is 8.80. The standard InChI is InChI=1S/C25H28Cl3NO7/c1-16(30)32-15-20-12-21(33-13-17-6-4-3-5-7-17)22(23(35-20)36-24(29)25(26,27)28)34-14-18-8-10-19(31-2)11-9-18/h3-11,20-23,29H,12-15H2,1-2H3/t20?,21-,22?,23?/m0/s1. The Morgan fingerprint density at radius 3 is 2.28 bits per heavy atom. The van der Waals surface area contributed by atoms with Crippen molar-refractivity contribution in [2.75, 3.05) is 13.7 Å². The number of esters is 1. The van der Waals surface area contributed by atoms with E-state index in [0.717, 1.165) is 16.9 Å². The minimum Gasteiger partial charge on any atom is -0.497 e. The van der Waals surface area contributed by atoms with Gasteiger partial charge in [-0.1, -0.05) is 77.3 Å². The number of ether oxygens (including phenoxy) is 6. The van der Waals surface area contributed by atoms with Gasteiger partial charge in [0.1, 0.15) is 18.5 Å². The lowest BCUT2D eigenvalue weighted by Gasteiger charge is -2.41. The molecule has 0 aliphatic carbocycles. The van der Waals surface area contributed by atoms with Gasteiger partial charge in [-0.3, -0.25) is 10.2 Å². The quantitative estimate of drug-likeness (QED) is 0.184. The Bertz CT molecular complexity index is 985. The molecule has 36 heavy (non-hydrogen) atoms. The van der Waals surface area contributed by atoms with Gasteiger partial charge in [-0.05, 0) is 23.3 Å². The summed E-state index contributed by atoms with van der Waals surface area (Å²) in [5.41, 5.74) is 1.83. The summed E-state index contributed by atoms with van der Waals surface area (Å²) >= 11 is 17.5. The summed E-state index contributed by atoms with van der Waals surface area (Å²) in [5.74, 6) is -0.371. The van der Waals surface area contributed by atoms with Crippen molar-refractivity contribution in [2.24, 2.45) is 0 Å². The van der Waals surface area contributed by atoms with Crippen molar-refractivity contribution in [1.82, 2.24) is 0 Å². The van der Waals surface area contributed by atoms with Crippen LogP contribution >= 0.6 is 34.8 Å². The number of hydrogen-bond acceptors (Lipinski definition) is 8. The van der Waals surface area contributed by atoms with Crippen molar-refractivity contribution in [3.05, 3.63) is 65.7 Å². The average Bonchev–Trinajstić information content (AvgIpc) is 2.85. The Morgan fingerprint density at radius 1 is 1.03 bits per heavy atom. The molecule has 4 atom stereocenters. The first-order valence-corrected chi connectivity index (χ1v) is 12.3. The number of rotatable bonds is 10. The van der Waals surface area contributed by atoms with Gasteiger partial charge in [-0.15, -0.1) is 0 Å². The maximum absolute atomic E-state index is 11.4. The van der Waals surface area contributed by atoms with Crippen molar-refractivity contribution >= 4 is 46.7 Å². The molecule has 1 aliphatic heterocycles. The highest BCUT2D eigenvalue weighted by atomic mass is 35.6. The minimum atomic E-state index is -2.10. The van der Waals surface area contributed by atoms with E-state index in [2.05, 4.69) is 0 Å². The second-order valence-corrected chi connectivity index (χ2v) is 10.3. The number of methoxy groups -OCH3 is 1. The Kier molecular flexibility index (Phi) is 10.7. The van der Waals surface area contributed by atoms with Crippen LogP contribution in [0.3, 0.4) is 0 Å². The molecule has 3 rings (SSSR count). The lowest BCUT2D eigenvalue weighted by atomic mass is 10.0. The van der Waals surface area contributed by atoms with Gasteiger partial charge in [0.05, 0.1) is 32.5 Å². The number of halogens is 3. The van der Waals surface area contributed by atoms with Crippen LogP contribution in [0.1, 0.15) is 24.5 Å². The number of carbonyl (C=O) groups is 1. The molecule has 8 nitrogen and oxygen atoms in total. The molecule has 0 bridgehead atoms. The molecule has 3 unspecified atom stereocenters. The molecule has 1 heterocycles. The topological polar surface area (TPSA) is 96.3 Å². The van der Waals surface area contributed by atoms with Crippen LogP contribution in [0.2, 0.25) is 0 Å². The van der Waals surface area contributed by atoms with Crippen LogP contribution in [0.5, 0.6) is 5.75 Å². The highest BCUT2D eigenvalue weighted by molar-refractivity contribution is 6.76. The summed E-state index contributed by atoms with van der Waals surface area (Å²) in [6.45, 7) is 1.76. The second kappa shape index (κ2) is 13.5. The van der Waals surface area contributed by atoms with E-state index < -0.39 is 40.3 Å². The normalized spacial score (nSPS) is 22.0. The summed E-state index contributed by atoms with van der Waals surface area (Å²) in [6, 6.07) is 17.0. The van der Waals surface area contributed by atoms with E-state index in [9.17, 15) is 4.79 Å². The molecule has 196 valence electrons. The monoisotopic (exact) mass is 559 g/mol. The Hall–Kier alpha value is -2.07. The van der Waals surface area contributed by atoms with Crippen LogP contribution in [0.4, 0.5) is 0 Å². The zero-order valence-corrected chi connectivity index (χ0v) is 22.1. The largest absolute Gasteiger partial charge is 0.497 e. The van der Waals surface area contributed by atoms with Crippen molar-refractivity contribution in [2.45, 2.75) is 55.0 Å². The minimum absolute atomic E-state index is 0.0350. The predicted molar refractivity (Wildman–Crippen MR) is 136 cm³/mol. The van der Waals surface area contributed by atoms with Crippen LogP contribution in [-0.2, 0) is 41.7 Å². The molecule has 11 heteroatoms. The summed E-state index contributed by atoms with van der Waals surface area (Å²) in [6.07, 6.45) is -2.76. The van der Waals surface area contributed by atoms with Crippen LogP contribution in [0.15, 0.2) is 54.6 Å². The van der Waals surface area contributed by atoms with Gasteiger partial charge in [-0.2, -0.15) is 0 Å². The summed E-state index contributed by atoms with van der Waals surface area (Å²) in [7, 11) is 1.59. The van der Waals surface area contributed by atoms with Crippen LogP contribution in [0, 0.1) is 5.41 Å². The fraction of sp³-hybridized carbons (Fsp3) is 0.440. The molecule has 1 fully saturated rings. The number of alkyl halides is 3. The second-order valence-electron chi connectivity index (χ2n) is 8.07. The van der Waals surface area contributed by atoms with Crippen molar-refractivity contribution in [3.8, 4) is 5.75 Å². The predicted octanol–water partition coefficient (Wildman–Crippen LogP) is 5.21. The van der Waals surface area contributed by atoms with E-state index in [1.807, 2.05) is 54.6 Å². The van der Waals surface area contributed by atoms with Gasteiger partial charge in [0.25, 0.3) is 3.79 Å². The van der Waals surface area contributed by atoms with Crippen LogP contribution in [-0.4, -0.2) is 54.0 Å². The van der Waals surface area contributed by atoms with Gasteiger partial charge in [0.2, 0.25) is 12.2 Å². The zero-order valence-electron chi connectivity index (χ0n) is 19.8. The summed E-state index contributed by atoms with van der Waals surface area (Å²) < 4.78 is 32.3. The molecule has 0 amide bonds. The fourth-order valence-electron chi connectivity index (χ4n) is 3.53. The first kappa shape index (κ1) is 28.5. The molecular formula is C25H28Cl3NO7. The lowest BCUT2D eigenvalue weighted by Crippen LogP contribution is -2.54. The third-order valence-corrected chi connectivity index (χ3v) is 5.84. The van der Waals surface area contributed by atoms with Gasteiger partial charge < -0.3 is 28.4 Å². The van der Waals surface area contributed by atoms with E-state index in [1.165, 1.54) is 6.92 Å². The maximum atomic E-state index is 11.4. The van der Waals surface area contributed by atoms with Gasteiger partial charge >= 0.3 is 5.97 Å². The fourth-order valence-corrected chi connectivity index (χ4v) is 3.66. The van der Waals surface area contributed by atoms with Gasteiger partial charge in [0.15, 0.2) is 0 Å². The molecule has 0 spiro atoms. The van der Waals surface area contributed by atoms with E-state index in [1.54, 1.807) is 7.11 Å². The van der Waals surface area contributed by atoms with Crippen molar-refractivity contribution in [1.29, 1.82) is 5.41 Å². The van der Waals surface area contributed by atoms with E-state index in [-0.39, 0.29) is 13.2 Å². The molecule has 0 aromatic heterocycles. The number of nitrogens with one attached hydrogen (secondary N) is 1. The van der Waals surface area contributed by atoms with Crippen LogP contribution < -0.4 is 4.74 Å². The number of benzene rings is 2. The molecule has 1 aliphatic rings. The summed E-state index contributed by atoms with van der Waals surface area (Å²) in [5, 5.41) is 8.05. The SMILES string of the molecule is COc1ccc(COC2C(OC(=N)C(Cl)(Cl)Cl)OC(COC(C)=O)C[C@@H]2OCc2ccccc2)cc1. The summed E-state index contributed by atoms with van der Waals surface area (Å²) in [4.78, 5) is 11.4. The van der Waals surface area contributed by atoms with E-state index >= 15 is 0 Å². The van der Waals surface area contributed by atoms with Gasteiger partial charge in [0, 0.05) is 13.3 Å². The molecule has 0 saturated carbocycles. The highest BCUT2D eigenvalue weighted by Crippen LogP contribution is 2.33. The van der Waals surface area contributed by atoms with Crippen molar-refractivity contribution in [3.63, 3.8) is 0 Å². The first-order valence-electron chi connectivity index (χ1n) is 11.2. The number of carbonyl (C=O) groups excluding carboxylic acids is 1. The average molecular weight is 561 g/mol. The molecule has 1 saturated heterocycles. The Labute approximate surface area is 225 Å². The van der Waals surface area contributed by atoms with E-state index in [0.29, 0.717) is 13.0 Å². The Balaban J connectivity index is 1.81. The van der Waals surface area contributed by atoms with E-state index in [4.69, 9.17) is 68.6 Å². The lowest BCUT2D eigenvalue weighted by molar-refractivity contribution is -0.271. The molecule has 1 N–H and O–H groups in total. The zero-order chi connectivity index (χ0) is 26.1. The van der Waals surface area contributed by atoms with Gasteiger partial charge in [-0.25, -0.2) is 0 Å². The van der Waals surface area contributed by atoms with Crippen LogP contribution in [0.25, 0.3) is 0 Å². The smallest absolute Gasteiger partial charge is 0.302 e. The third-order valence-electron chi connectivity index (χ3n) is 5.33. The molecular weight excluding hydrogens is 533 g/mol. The maximum Gasteiger partial charge on any atom is 0.302 e.